The average molecular weight is 321 g/mol. The van der Waals surface area contributed by atoms with Crippen LogP contribution in [0.25, 0.3) is 10.9 Å². The van der Waals surface area contributed by atoms with E-state index in [0.717, 1.165) is 12.1 Å². The van der Waals surface area contributed by atoms with Gasteiger partial charge >= 0.3 is 12.1 Å². The highest BCUT2D eigenvalue weighted by molar-refractivity contribution is 6.06. The molecule has 1 aromatic carbocycles. The van der Waals surface area contributed by atoms with Gasteiger partial charge in [0.05, 0.1) is 11.3 Å². The summed E-state index contributed by atoms with van der Waals surface area (Å²) in [4.78, 5) is 17.7. The number of benzene rings is 1. The van der Waals surface area contributed by atoms with E-state index in [0.29, 0.717) is 11.1 Å². The molecule has 0 amide bonds. The highest BCUT2D eigenvalue weighted by Gasteiger charge is 2.31. The summed E-state index contributed by atoms with van der Waals surface area (Å²) in [5.41, 5.74) is -0.195. The third kappa shape index (κ3) is 2.83. The molecule has 0 atom stereocenters. The summed E-state index contributed by atoms with van der Waals surface area (Å²) in [6.45, 7) is 0. The Kier molecular flexibility index (Phi) is 3.44. The first-order valence-electron chi connectivity index (χ1n) is 6.49. The van der Waals surface area contributed by atoms with E-state index in [2.05, 4.69) is 15.3 Å². The number of rotatable bonds is 3. The molecule has 3 rings (SSSR count). The molecule has 8 heteroatoms. The maximum atomic E-state index is 12.8. The van der Waals surface area contributed by atoms with Crippen molar-refractivity contribution in [3.63, 3.8) is 0 Å². The van der Waals surface area contributed by atoms with Crippen molar-refractivity contribution in [2.75, 3.05) is 5.32 Å². The van der Waals surface area contributed by atoms with Crippen LogP contribution in [0.3, 0.4) is 0 Å². The number of aromatic amines is 1. The van der Waals surface area contributed by atoms with Crippen molar-refractivity contribution in [1.29, 1.82) is 0 Å². The number of anilines is 2. The van der Waals surface area contributed by atoms with Crippen molar-refractivity contribution in [1.82, 2.24) is 9.97 Å². The largest absolute Gasteiger partial charge is 0.477 e. The SMILES string of the molecule is O=C(O)c1[nH]c2cc(C(F)(F)F)ccc2c1Nc1ccncc1. The van der Waals surface area contributed by atoms with Crippen molar-refractivity contribution in [3.05, 3.63) is 54.0 Å². The summed E-state index contributed by atoms with van der Waals surface area (Å²) in [5, 5.41) is 12.5. The van der Waals surface area contributed by atoms with E-state index in [1.807, 2.05) is 0 Å². The second-order valence-electron chi connectivity index (χ2n) is 4.80. The van der Waals surface area contributed by atoms with Gasteiger partial charge in [0.15, 0.2) is 0 Å². The molecule has 5 nitrogen and oxygen atoms in total. The van der Waals surface area contributed by atoms with Crippen LogP contribution in [0.5, 0.6) is 0 Å². The fourth-order valence-electron chi connectivity index (χ4n) is 2.24. The number of alkyl halides is 3. The fraction of sp³-hybridized carbons (Fsp3) is 0.0667. The van der Waals surface area contributed by atoms with Crippen molar-refractivity contribution in [2.45, 2.75) is 6.18 Å². The van der Waals surface area contributed by atoms with Crippen molar-refractivity contribution < 1.29 is 23.1 Å². The quantitative estimate of drug-likeness (QED) is 0.681. The molecule has 0 saturated heterocycles. The first-order chi connectivity index (χ1) is 10.9. The van der Waals surface area contributed by atoms with Crippen LogP contribution < -0.4 is 5.32 Å². The number of hydrogen-bond acceptors (Lipinski definition) is 3. The molecule has 0 bridgehead atoms. The number of nitrogens with zero attached hydrogens (tertiary/aromatic N) is 1. The average Bonchev–Trinajstić information content (AvgIpc) is 2.86. The molecule has 0 aliphatic carbocycles. The van der Waals surface area contributed by atoms with Crippen LogP contribution in [0.15, 0.2) is 42.7 Å². The number of H-pyrrole nitrogens is 1. The zero-order chi connectivity index (χ0) is 16.6. The minimum atomic E-state index is -4.50. The van der Waals surface area contributed by atoms with E-state index >= 15 is 0 Å². The number of carboxylic acids is 1. The number of fused-ring (bicyclic) bond motifs is 1. The van der Waals surface area contributed by atoms with E-state index in [1.165, 1.54) is 18.5 Å². The molecule has 0 aliphatic rings. The number of hydrogen-bond donors (Lipinski definition) is 3. The Balaban J connectivity index is 2.15. The Morgan fingerprint density at radius 1 is 1.17 bits per heavy atom. The van der Waals surface area contributed by atoms with Crippen LogP contribution in [0.2, 0.25) is 0 Å². The second kappa shape index (κ2) is 5.31. The van der Waals surface area contributed by atoms with Gasteiger partial charge in [-0.2, -0.15) is 13.2 Å². The summed E-state index contributed by atoms with van der Waals surface area (Å²) in [6, 6.07) is 6.28. The number of aromatic carboxylic acids is 1. The van der Waals surface area contributed by atoms with Crippen LogP contribution >= 0.6 is 0 Å². The van der Waals surface area contributed by atoms with Crippen LogP contribution in [-0.4, -0.2) is 21.0 Å². The summed E-state index contributed by atoms with van der Waals surface area (Å²) in [6.07, 6.45) is -1.47. The summed E-state index contributed by atoms with van der Waals surface area (Å²) in [7, 11) is 0. The van der Waals surface area contributed by atoms with Crippen LogP contribution in [0, 0.1) is 0 Å². The number of carbonyl (C=O) groups is 1. The molecule has 0 saturated carbocycles. The monoisotopic (exact) mass is 321 g/mol. The molecule has 0 spiro atoms. The lowest BCUT2D eigenvalue weighted by molar-refractivity contribution is -0.137. The number of pyridine rings is 1. The Morgan fingerprint density at radius 2 is 1.87 bits per heavy atom. The smallest absolute Gasteiger partial charge is 0.416 e. The normalized spacial score (nSPS) is 11.6. The molecule has 3 N–H and O–H groups in total. The fourth-order valence-corrected chi connectivity index (χ4v) is 2.24. The topological polar surface area (TPSA) is 78.0 Å². The van der Waals surface area contributed by atoms with Gasteiger partial charge in [-0.15, -0.1) is 0 Å². The van der Waals surface area contributed by atoms with Crippen molar-refractivity contribution in [2.24, 2.45) is 0 Å². The van der Waals surface area contributed by atoms with Gasteiger partial charge in [-0.3, -0.25) is 4.98 Å². The molecule has 0 aliphatic heterocycles. The predicted octanol–water partition coefficient (Wildman–Crippen LogP) is 4.02. The van der Waals surface area contributed by atoms with Gasteiger partial charge in [0.1, 0.15) is 5.69 Å². The minimum Gasteiger partial charge on any atom is -0.477 e. The number of halogens is 3. The zero-order valence-electron chi connectivity index (χ0n) is 11.5. The van der Waals surface area contributed by atoms with Crippen LogP contribution in [-0.2, 0) is 6.18 Å². The summed E-state index contributed by atoms with van der Waals surface area (Å²) >= 11 is 0. The van der Waals surface area contributed by atoms with Gasteiger partial charge in [0.25, 0.3) is 0 Å². The highest BCUT2D eigenvalue weighted by Crippen LogP contribution is 2.35. The molecule has 2 aromatic heterocycles. The van der Waals surface area contributed by atoms with Gasteiger partial charge < -0.3 is 15.4 Å². The third-order valence-electron chi connectivity index (χ3n) is 3.29. The molecular weight excluding hydrogens is 311 g/mol. The molecule has 118 valence electrons. The second-order valence-corrected chi connectivity index (χ2v) is 4.80. The maximum absolute atomic E-state index is 12.8. The molecule has 3 aromatic rings. The maximum Gasteiger partial charge on any atom is 0.416 e. The molecule has 0 unspecified atom stereocenters. The summed E-state index contributed by atoms with van der Waals surface area (Å²) < 4.78 is 38.3. The number of carboxylic acid groups (broad SMARTS) is 1. The lowest BCUT2D eigenvalue weighted by atomic mass is 10.1. The zero-order valence-corrected chi connectivity index (χ0v) is 11.5. The summed E-state index contributed by atoms with van der Waals surface area (Å²) in [5.74, 6) is -1.27. The molecular formula is C15H10F3N3O2. The van der Waals surface area contributed by atoms with Crippen molar-refractivity contribution in [3.8, 4) is 0 Å². The third-order valence-corrected chi connectivity index (χ3v) is 3.29. The lowest BCUT2D eigenvalue weighted by Gasteiger charge is -2.08. The highest BCUT2D eigenvalue weighted by atomic mass is 19.4. The first-order valence-corrected chi connectivity index (χ1v) is 6.49. The van der Waals surface area contributed by atoms with E-state index < -0.39 is 17.7 Å². The number of aromatic nitrogens is 2. The lowest BCUT2D eigenvalue weighted by Crippen LogP contribution is -2.04. The first kappa shape index (κ1) is 14.9. The number of nitrogens with one attached hydrogen (secondary N) is 2. The van der Waals surface area contributed by atoms with Gasteiger partial charge in [-0.1, -0.05) is 6.07 Å². The van der Waals surface area contributed by atoms with Crippen LogP contribution in [0.1, 0.15) is 16.1 Å². The molecule has 23 heavy (non-hydrogen) atoms. The van der Waals surface area contributed by atoms with Crippen molar-refractivity contribution >= 4 is 28.2 Å². The van der Waals surface area contributed by atoms with E-state index in [-0.39, 0.29) is 16.9 Å². The van der Waals surface area contributed by atoms with Crippen LogP contribution in [0.4, 0.5) is 24.5 Å². The Bertz CT molecular complexity index is 873. The van der Waals surface area contributed by atoms with Gasteiger partial charge in [0.2, 0.25) is 0 Å². The minimum absolute atomic E-state index is 0.0915. The molecule has 0 fully saturated rings. The molecule has 2 heterocycles. The Hall–Kier alpha value is -3.03. The van der Waals surface area contributed by atoms with Gasteiger partial charge in [-0.25, -0.2) is 4.79 Å². The predicted molar refractivity (Wildman–Crippen MR) is 77.8 cm³/mol. The van der Waals surface area contributed by atoms with Gasteiger partial charge in [0, 0.05) is 29.0 Å². The Morgan fingerprint density at radius 3 is 2.48 bits per heavy atom. The van der Waals surface area contributed by atoms with E-state index in [1.54, 1.807) is 12.1 Å². The Labute approximate surface area is 127 Å². The standard InChI is InChI=1S/C15H10F3N3O2/c16-15(17,18)8-1-2-10-11(7-8)21-13(14(22)23)12(10)20-9-3-5-19-6-4-9/h1-7,21H,(H,19,20)(H,22,23). The van der Waals surface area contributed by atoms with E-state index in [4.69, 9.17) is 0 Å². The van der Waals surface area contributed by atoms with E-state index in [9.17, 15) is 23.1 Å². The van der Waals surface area contributed by atoms with Gasteiger partial charge in [-0.05, 0) is 24.3 Å². The molecule has 0 radical (unpaired) electrons.